The Balaban J connectivity index is 2.27. The van der Waals surface area contributed by atoms with E-state index in [2.05, 4.69) is 14.7 Å². The number of hydrogen-bond acceptors (Lipinski definition) is 5. The Morgan fingerprint density at radius 3 is 2.50 bits per heavy atom. The Hall–Kier alpha value is -1.86. The number of anilines is 2. The molecule has 6 nitrogen and oxygen atoms in total. The normalized spacial score (nSPS) is 11.2. The van der Waals surface area contributed by atoms with Gasteiger partial charge in [-0.25, -0.2) is 18.4 Å². The molecule has 2 aromatic heterocycles. The fourth-order valence-electron chi connectivity index (χ4n) is 1.49. The third kappa shape index (κ3) is 3.17. The van der Waals surface area contributed by atoms with E-state index in [0.717, 1.165) is 5.82 Å². The van der Waals surface area contributed by atoms with Crippen molar-refractivity contribution in [1.82, 2.24) is 9.97 Å². The van der Waals surface area contributed by atoms with E-state index >= 15 is 0 Å². The van der Waals surface area contributed by atoms with Gasteiger partial charge in [0.1, 0.15) is 15.9 Å². The van der Waals surface area contributed by atoms with Crippen LogP contribution in [-0.2, 0) is 10.0 Å². The monoisotopic (exact) mass is 312 g/mol. The molecule has 0 saturated carbocycles. The van der Waals surface area contributed by atoms with Crippen molar-refractivity contribution >= 4 is 33.1 Å². The van der Waals surface area contributed by atoms with Crippen molar-refractivity contribution in [2.75, 3.05) is 23.7 Å². The number of nitrogens with zero attached hydrogens (tertiary/aromatic N) is 3. The van der Waals surface area contributed by atoms with E-state index in [1.807, 2.05) is 19.0 Å². The summed E-state index contributed by atoms with van der Waals surface area (Å²) in [4.78, 5) is 9.62. The number of sulfonamides is 1. The molecule has 2 rings (SSSR count). The Labute approximate surface area is 122 Å². The van der Waals surface area contributed by atoms with Crippen LogP contribution in [0.1, 0.15) is 0 Å². The number of nitrogens with one attached hydrogen (secondary N) is 1. The van der Waals surface area contributed by atoms with Gasteiger partial charge in [0.15, 0.2) is 0 Å². The van der Waals surface area contributed by atoms with Gasteiger partial charge in [0.25, 0.3) is 10.0 Å². The molecule has 1 N–H and O–H groups in total. The van der Waals surface area contributed by atoms with Crippen LogP contribution in [0.15, 0.2) is 41.6 Å². The summed E-state index contributed by atoms with van der Waals surface area (Å²) in [6.07, 6.45) is 2.87. The first-order valence-corrected chi connectivity index (χ1v) is 7.53. The molecule has 0 aliphatic carbocycles. The van der Waals surface area contributed by atoms with Crippen molar-refractivity contribution in [3.05, 3.63) is 41.8 Å². The summed E-state index contributed by atoms with van der Waals surface area (Å²) in [5, 5.41) is -0.0714. The third-order valence-electron chi connectivity index (χ3n) is 2.47. The van der Waals surface area contributed by atoms with Crippen LogP contribution in [0.3, 0.4) is 0 Å². The Kier molecular flexibility index (Phi) is 4.10. The van der Waals surface area contributed by atoms with E-state index in [1.54, 1.807) is 12.1 Å². The Morgan fingerprint density at radius 2 is 1.95 bits per heavy atom. The summed E-state index contributed by atoms with van der Waals surface area (Å²) in [6, 6.07) is 6.24. The first-order chi connectivity index (χ1) is 9.40. The lowest BCUT2D eigenvalue weighted by atomic mass is 10.4. The van der Waals surface area contributed by atoms with Gasteiger partial charge in [0.2, 0.25) is 0 Å². The molecule has 0 spiro atoms. The standard InChI is InChI=1S/C12H13ClN4O2S/c1-17(2)11-6-5-9(8-15-11)16-20(18,19)10-4-3-7-14-12(10)13/h3-8,16H,1-2H3. The zero-order valence-corrected chi connectivity index (χ0v) is 12.5. The van der Waals surface area contributed by atoms with Crippen LogP contribution in [0.25, 0.3) is 0 Å². The van der Waals surface area contributed by atoms with Crippen molar-refractivity contribution in [1.29, 1.82) is 0 Å². The quantitative estimate of drug-likeness (QED) is 0.874. The minimum Gasteiger partial charge on any atom is -0.363 e. The van der Waals surface area contributed by atoms with Crippen LogP contribution in [0.5, 0.6) is 0 Å². The maximum atomic E-state index is 12.2. The highest BCUT2D eigenvalue weighted by molar-refractivity contribution is 7.92. The van der Waals surface area contributed by atoms with E-state index in [-0.39, 0.29) is 10.0 Å². The van der Waals surface area contributed by atoms with Crippen molar-refractivity contribution in [3.63, 3.8) is 0 Å². The van der Waals surface area contributed by atoms with Crippen LogP contribution < -0.4 is 9.62 Å². The number of halogens is 1. The van der Waals surface area contributed by atoms with Gasteiger partial charge in [-0.15, -0.1) is 0 Å². The van der Waals surface area contributed by atoms with Gasteiger partial charge >= 0.3 is 0 Å². The lowest BCUT2D eigenvalue weighted by molar-refractivity contribution is 0.601. The molecule has 0 atom stereocenters. The molecule has 20 heavy (non-hydrogen) atoms. The van der Waals surface area contributed by atoms with Crippen LogP contribution in [0, 0.1) is 0 Å². The van der Waals surface area contributed by atoms with Crippen molar-refractivity contribution in [2.24, 2.45) is 0 Å². The van der Waals surface area contributed by atoms with Crippen LogP contribution in [0.4, 0.5) is 11.5 Å². The summed E-state index contributed by atoms with van der Waals surface area (Å²) in [7, 11) is -0.0776. The van der Waals surface area contributed by atoms with Crippen LogP contribution in [0.2, 0.25) is 5.15 Å². The van der Waals surface area contributed by atoms with Gasteiger partial charge in [-0.1, -0.05) is 11.6 Å². The fourth-order valence-corrected chi connectivity index (χ4v) is 2.99. The molecule has 0 aliphatic heterocycles. The predicted molar refractivity (Wildman–Crippen MR) is 78.6 cm³/mol. The lowest BCUT2D eigenvalue weighted by Crippen LogP contribution is -2.15. The van der Waals surface area contributed by atoms with Crippen molar-refractivity contribution < 1.29 is 8.42 Å². The maximum absolute atomic E-state index is 12.2. The minimum absolute atomic E-state index is 0.0710. The van der Waals surface area contributed by atoms with Crippen molar-refractivity contribution in [2.45, 2.75) is 4.90 Å². The number of rotatable bonds is 4. The molecular formula is C12H13ClN4O2S. The van der Waals surface area contributed by atoms with Crippen molar-refractivity contribution in [3.8, 4) is 0 Å². The molecule has 0 unspecified atom stereocenters. The zero-order chi connectivity index (χ0) is 14.8. The second-order valence-corrected chi connectivity index (χ2v) is 6.21. The Morgan fingerprint density at radius 1 is 1.20 bits per heavy atom. The SMILES string of the molecule is CN(C)c1ccc(NS(=O)(=O)c2cccnc2Cl)cn1. The summed E-state index contributed by atoms with van der Waals surface area (Å²) in [5.41, 5.74) is 0.357. The predicted octanol–water partition coefficient (Wildman–Crippen LogP) is 2.00. The first kappa shape index (κ1) is 14.5. The minimum atomic E-state index is -3.78. The summed E-state index contributed by atoms with van der Waals surface area (Å²) in [6.45, 7) is 0. The average Bonchev–Trinajstić information content (AvgIpc) is 2.39. The molecule has 106 valence electrons. The van der Waals surface area contributed by atoms with E-state index in [9.17, 15) is 8.42 Å². The number of pyridine rings is 2. The number of hydrogen-bond donors (Lipinski definition) is 1. The smallest absolute Gasteiger partial charge is 0.265 e. The molecule has 2 aromatic rings. The highest BCUT2D eigenvalue weighted by atomic mass is 35.5. The van der Waals surface area contributed by atoms with Gasteiger partial charge in [0, 0.05) is 20.3 Å². The molecule has 0 saturated heterocycles. The zero-order valence-electron chi connectivity index (χ0n) is 10.9. The molecule has 0 bridgehead atoms. The van der Waals surface area contributed by atoms with E-state index in [0.29, 0.717) is 5.69 Å². The van der Waals surface area contributed by atoms with Gasteiger partial charge < -0.3 is 4.90 Å². The molecule has 0 fully saturated rings. The van der Waals surface area contributed by atoms with Gasteiger partial charge in [-0.05, 0) is 24.3 Å². The average molecular weight is 313 g/mol. The topological polar surface area (TPSA) is 75.2 Å². The molecule has 0 aromatic carbocycles. The van der Waals surface area contributed by atoms with E-state index < -0.39 is 10.0 Å². The van der Waals surface area contributed by atoms with Gasteiger partial charge in [0.05, 0.1) is 11.9 Å². The highest BCUT2D eigenvalue weighted by Crippen LogP contribution is 2.21. The fraction of sp³-hybridized carbons (Fsp3) is 0.167. The molecule has 0 radical (unpaired) electrons. The van der Waals surface area contributed by atoms with Crippen LogP contribution in [-0.4, -0.2) is 32.5 Å². The summed E-state index contributed by atoms with van der Waals surface area (Å²) in [5.74, 6) is 0.729. The van der Waals surface area contributed by atoms with Crippen LogP contribution >= 0.6 is 11.6 Å². The summed E-state index contributed by atoms with van der Waals surface area (Å²) >= 11 is 5.79. The first-order valence-electron chi connectivity index (χ1n) is 5.67. The molecule has 0 amide bonds. The Bertz CT molecular complexity index is 702. The van der Waals surface area contributed by atoms with E-state index in [1.165, 1.54) is 24.5 Å². The van der Waals surface area contributed by atoms with Gasteiger partial charge in [-0.2, -0.15) is 0 Å². The van der Waals surface area contributed by atoms with E-state index in [4.69, 9.17) is 11.6 Å². The third-order valence-corrected chi connectivity index (χ3v) is 4.30. The molecule has 0 aliphatic rings. The maximum Gasteiger partial charge on any atom is 0.265 e. The summed E-state index contributed by atoms with van der Waals surface area (Å²) < 4.78 is 26.7. The molecule has 2 heterocycles. The highest BCUT2D eigenvalue weighted by Gasteiger charge is 2.18. The molecular weight excluding hydrogens is 300 g/mol. The van der Waals surface area contributed by atoms with Gasteiger partial charge in [-0.3, -0.25) is 4.72 Å². The number of aromatic nitrogens is 2. The second-order valence-electron chi connectivity index (χ2n) is 4.20. The molecule has 8 heteroatoms. The lowest BCUT2D eigenvalue weighted by Gasteiger charge is -2.12. The largest absolute Gasteiger partial charge is 0.363 e. The second kappa shape index (κ2) is 5.64.